The lowest BCUT2D eigenvalue weighted by molar-refractivity contribution is 1.39. The van der Waals surface area contributed by atoms with Crippen LogP contribution < -0.4 is 11.5 Å². The summed E-state index contributed by atoms with van der Waals surface area (Å²) in [6.45, 7) is 3.96. The van der Waals surface area contributed by atoms with Crippen LogP contribution in [-0.4, -0.2) is 11.7 Å². The number of amidine groups is 2. The minimum atomic E-state index is 0. The van der Waals surface area contributed by atoms with Crippen LogP contribution in [0.5, 0.6) is 0 Å². The molecule has 2 aromatic carbocycles. The molecule has 0 aliphatic rings. The van der Waals surface area contributed by atoms with Crippen molar-refractivity contribution in [3.8, 4) is 0 Å². The summed E-state index contributed by atoms with van der Waals surface area (Å²) in [6.07, 6.45) is 0. The predicted molar refractivity (Wildman–Crippen MR) is 98.9 cm³/mol. The van der Waals surface area contributed by atoms with E-state index in [9.17, 15) is 0 Å². The Kier molecular flexibility index (Phi) is 10.8. The second kappa shape index (κ2) is 10.7. The molecular weight excluding hydrogens is 319 g/mol. The Morgan fingerprint density at radius 3 is 1.23 bits per heavy atom. The molecule has 0 bridgehead atoms. The third-order valence-electron chi connectivity index (χ3n) is 2.66. The van der Waals surface area contributed by atoms with E-state index in [1.54, 1.807) is 0 Å². The maximum absolute atomic E-state index is 7.11. The van der Waals surface area contributed by atoms with E-state index in [4.69, 9.17) is 22.3 Å². The van der Waals surface area contributed by atoms with E-state index in [0.29, 0.717) is 0 Å². The molecule has 0 aliphatic carbocycles. The number of nitrogens with two attached hydrogens (primary N) is 2. The van der Waals surface area contributed by atoms with Gasteiger partial charge in [0.25, 0.3) is 0 Å². The third-order valence-corrected chi connectivity index (χ3v) is 2.66. The standard InChI is InChI=1S/2C8H10N2.2ClH/c2*1-6-3-2-4-7(5-6)8(9)10;;/h2*2-5H,1H3,(H3,9,10);2*1H. The zero-order valence-electron chi connectivity index (χ0n) is 12.6. The van der Waals surface area contributed by atoms with Gasteiger partial charge in [0.15, 0.2) is 0 Å². The van der Waals surface area contributed by atoms with Crippen LogP contribution in [-0.2, 0) is 0 Å². The molecule has 0 saturated heterocycles. The van der Waals surface area contributed by atoms with Crippen molar-refractivity contribution in [3.05, 3.63) is 70.8 Å². The number of nitrogen functional groups attached to an aromatic ring is 2. The summed E-state index contributed by atoms with van der Waals surface area (Å²) in [5, 5.41) is 14.2. The van der Waals surface area contributed by atoms with E-state index in [0.717, 1.165) is 22.3 Å². The quantitative estimate of drug-likeness (QED) is 0.497. The van der Waals surface area contributed by atoms with Crippen molar-refractivity contribution in [1.29, 1.82) is 10.8 Å². The first-order chi connectivity index (χ1) is 9.40. The molecule has 120 valence electrons. The maximum atomic E-state index is 7.11. The summed E-state index contributed by atoms with van der Waals surface area (Å²) in [5.41, 5.74) is 14.4. The fourth-order valence-electron chi connectivity index (χ4n) is 1.63. The highest BCUT2D eigenvalue weighted by Crippen LogP contribution is 2.02. The van der Waals surface area contributed by atoms with Crippen LogP contribution in [0.4, 0.5) is 0 Å². The van der Waals surface area contributed by atoms with Crippen LogP contribution in [0.2, 0.25) is 0 Å². The highest BCUT2D eigenvalue weighted by atomic mass is 35.5. The lowest BCUT2D eigenvalue weighted by Crippen LogP contribution is -2.10. The number of benzene rings is 2. The van der Waals surface area contributed by atoms with E-state index < -0.39 is 0 Å². The summed E-state index contributed by atoms with van der Waals surface area (Å²) in [7, 11) is 0. The zero-order valence-corrected chi connectivity index (χ0v) is 14.2. The van der Waals surface area contributed by atoms with Crippen LogP contribution in [0.15, 0.2) is 48.5 Å². The van der Waals surface area contributed by atoms with Gasteiger partial charge in [-0.2, -0.15) is 0 Å². The number of hydrogen-bond donors (Lipinski definition) is 4. The molecule has 4 nitrogen and oxygen atoms in total. The highest BCUT2D eigenvalue weighted by Gasteiger charge is 1.93. The molecule has 0 atom stereocenters. The normalized spacial score (nSPS) is 8.45. The van der Waals surface area contributed by atoms with Crippen molar-refractivity contribution in [2.24, 2.45) is 11.5 Å². The van der Waals surface area contributed by atoms with Crippen LogP contribution in [0.3, 0.4) is 0 Å². The van der Waals surface area contributed by atoms with Crippen molar-refractivity contribution < 1.29 is 0 Å². The smallest absolute Gasteiger partial charge is 0.122 e. The van der Waals surface area contributed by atoms with Gasteiger partial charge in [0.1, 0.15) is 11.7 Å². The van der Waals surface area contributed by atoms with Gasteiger partial charge in [-0.1, -0.05) is 47.5 Å². The molecule has 0 aromatic heterocycles. The average molecular weight is 341 g/mol. The molecule has 22 heavy (non-hydrogen) atoms. The molecule has 6 heteroatoms. The Morgan fingerprint density at radius 1 is 0.727 bits per heavy atom. The van der Waals surface area contributed by atoms with Gasteiger partial charge in [-0.05, 0) is 26.0 Å². The Balaban J connectivity index is 0. The predicted octanol–water partition coefficient (Wildman–Crippen LogP) is 3.40. The van der Waals surface area contributed by atoms with Crippen molar-refractivity contribution >= 4 is 36.5 Å². The van der Waals surface area contributed by atoms with Gasteiger partial charge < -0.3 is 11.5 Å². The fraction of sp³-hybridized carbons (Fsp3) is 0.125. The number of aryl methyl sites for hydroxylation is 2. The molecule has 0 radical (unpaired) electrons. The Bertz CT molecular complexity index is 572. The zero-order chi connectivity index (χ0) is 15.1. The summed E-state index contributed by atoms with van der Waals surface area (Å²) in [6, 6.07) is 15.2. The molecule has 0 amide bonds. The second-order valence-electron chi connectivity index (χ2n) is 4.57. The van der Waals surface area contributed by atoms with Gasteiger partial charge >= 0.3 is 0 Å². The van der Waals surface area contributed by atoms with Crippen LogP contribution in [0.1, 0.15) is 22.3 Å². The molecule has 0 unspecified atom stereocenters. The van der Waals surface area contributed by atoms with Gasteiger partial charge in [0.2, 0.25) is 0 Å². The average Bonchev–Trinajstić information content (AvgIpc) is 2.39. The number of halogens is 2. The van der Waals surface area contributed by atoms with Crippen molar-refractivity contribution in [2.75, 3.05) is 0 Å². The molecular formula is C16H22Cl2N4. The van der Waals surface area contributed by atoms with Crippen LogP contribution in [0, 0.1) is 24.7 Å². The Labute approximate surface area is 143 Å². The van der Waals surface area contributed by atoms with E-state index in [1.165, 1.54) is 0 Å². The molecule has 2 aromatic rings. The Hall–Kier alpha value is -2.04. The summed E-state index contributed by atoms with van der Waals surface area (Å²) >= 11 is 0. The molecule has 2 rings (SSSR count). The van der Waals surface area contributed by atoms with E-state index in [1.807, 2.05) is 62.4 Å². The summed E-state index contributed by atoms with van der Waals surface area (Å²) in [5.74, 6) is 0.257. The third kappa shape index (κ3) is 7.67. The minimum absolute atomic E-state index is 0. The maximum Gasteiger partial charge on any atom is 0.122 e. The van der Waals surface area contributed by atoms with Crippen molar-refractivity contribution in [3.63, 3.8) is 0 Å². The first-order valence-corrected chi connectivity index (χ1v) is 6.22. The summed E-state index contributed by atoms with van der Waals surface area (Å²) in [4.78, 5) is 0. The molecule has 6 N–H and O–H groups in total. The van der Waals surface area contributed by atoms with Crippen molar-refractivity contribution in [2.45, 2.75) is 13.8 Å². The van der Waals surface area contributed by atoms with Gasteiger partial charge in [-0.3, -0.25) is 10.8 Å². The van der Waals surface area contributed by atoms with Gasteiger partial charge in [0, 0.05) is 11.1 Å². The van der Waals surface area contributed by atoms with E-state index in [2.05, 4.69) is 0 Å². The minimum Gasteiger partial charge on any atom is -0.384 e. The molecule has 0 aliphatic heterocycles. The Morgan fingerprint density at radius 2 is 1.05 bits per heavy atom. The first kappa shape index (κ1) is 22.2. The fourth-order valence-corrected chi connectivity index (χ4v) is 1.63. The van der Waals surface area contributed by atoms with E-state index >= 15 is 0 Å². The lowest BCUT2D eigenvalue weighted by atomic mass is 10.1. The largest absolute Gasteiger partial charge is 0.384 e. The number of hydrogen-bond acceptors (Lipinski definition) is 2. The van der Waals surface area contributed by atoms with Crippen molar-refractivity contribution in [1.82, 2.24) is 0 Å². The second-order valence-corrected chi connectivity index (χ2v) is 4.57. The first-order valence-electron chi connectivity index (χ1n) is 6.22. The van der Waals surface area contributed by atoms with Crippen LogP contribution in [0.25, 0.3) is 0 Å². The summed E-state index contributed by atoms with van der Waals surface area (Å²) < 4.78 is 0. The lowest BCUT2D eigenvalue weighted by Gasteiger charge is -1.97. The van der Waals surface area contributed by atoms with E-state index in [-0.39, 0.29) is 36.5 Å². The van der Waals surface area contributed by atoms with Gasteiger partial charge in [-0.25, -0.2) is 0 Å². The van der Waals surface area contributed by atoms with Crippen LogP contribution >= 0.6 is 24.8 Å². The number of nitrogens with one attached hydrogen (secondary N) is 2. The topological polar surface area (TPSA) is 99.7 Å². The number of rotatable bonds is 2. The van der Waals surface area contributed by atoms with Gasteiger partial charge in [-0.15, -0.1) is 24.8 Å². The highest BCUT2D eigenvalue weighted by molar-refractivity contribution is 5.95. The molecule has 0 heterocycles. The monoisotopic (exact) mass is 340 g/mol. The molecule has 0 spiro atoms. The molecule has 0 fully saturated rings. The molecule has 0 saturated carbocycles. The SMILES string of the molecule is Cc1cccc(C(=N)N)c1.Cc1cccc(C(=N)N)c1.Cl.Cl. The van der Waals surface area contributed by atoms with Gasteiger partial charge in [0.05, 0.1) is 0 Å².